The SMILES string of the molecule is CC(C)C[C@H](NC(=O)CCC1CCCCC1)C(=O)NCCCCNS(=O)(=O)c1ccc(F)cc1Cl. The fourth-order valence-corrected chi connectivity index (χ4v) is 5.95. The number of sulfonamides is 1. The van der Waals surface area contributed by atoms with Crippen molar-refractivity contribution in [3.05, 3.63) is 29.0 Å². The van der Waals surface area contributed by atoms with E-state index in [4.69, 9.17) is 11.6 Å². The van der Waals surface area contributed by atoms with Crippen molar-refractivity contribution in [2.45, 2.75) is 89.0 Å². The van der Waals surface area contributed by atoms with Crippen molar-refractivity contribution in [3.63, 3.8) is 0 Å². The van der Waals surface area contributed by atoms with Gasteiger partial charge in [-0.05, 0) is 55.7 Å². The smallest absolute Gasteiger partial charge is 0.242 e. The summed E-state index contributed by atoms with van der Waals surface area (Å²) in [4.78, 5) is 25.0. The summed E-state index contributed by atoms with van der Waals surface area (Å²) in [7, 11) is -3.85. The lowest BCUT2D eigenvalue weighted by Gasteiger charge is -2.23. The molecule has 2 rings (SSSR count). The molecule has 7 nitrogen and oxygen atoms in total. The maximum absolute atomic E-state index is 13.1. The standard InChI is InChI=1S/C25H39ClFN3O4S/c1-18(2)16-22(30-24(31)13-10-19-8-4-3-5-9-19)25(32)28-14-6-7-15-29-35(33,34)23-12-11-20(27)17-21(23)26/h11-12,17-19,22,29H,3-10,13-16H2,1-2H3,(H,28,32)(H,30,31)/t22-/m0/s1. The van der Waals surface area contributed by atoms with Crippen LogP contribution in [0.3, 0.4) is 0 Å². The fourth-order valence-electron chi connectivity index (χ4n) is 4.34. The minimum atomic E-state index is -3.85. The molecule has 0 radical (unpaired) electrons. The highest BCUT2D eigenvalue weighted by Crippen LogP contribution is 2.27. The maximum atomic E-state index is 13.1. The van der Waals surface area contributed by atoms with Crippen molar-refractivity contribution in [3.8, 4) is 0 Å². The third kappa shape index (κ3) is 10.8. The largest absolute Gasteiger partial charge is 0.354 e. The Morgan fingerprint density at radius 3 is 2.46 bits per heavy atom. The zero-order chi connectivity index (χ0) is 25.8. The Morgan fingerprint density at radius 1 is 1.11 bits per heavy atom. The number of amides is 2. The number of unbranched alkanes of at least 4 members (excludes halogenated alkanes) is 1. The molecule has 1 aliphatic carbocycles. The van der Waals surface area contributed by atoms with Gasteiger partial charge in [-0.1, -0.05) is 57.6 Å². The van der Waals surface area contributed by atoms with Gasteiger partial charge in [0.05, 0.1) is 5.02 Å². The van der Waals surface area contributed by atoms with Gasteiger partial charge in [-0.15, -0.1) is 0 Å². The molecular weight excluding hydrogens is 493 g/mol. The van der Waals surface area contributed by atoms with Crippen molar-refractivity contribution in [2.75, 3.05) is 13.1 Å². The zero-order valence-corrected chi connectivity index (χ0v) is 22.3. The Kier molecular flexibility index (Phi) is 12.4. The summed E-state index contributed by atoms with van der Waals surface area (Å²) in [6, 6.07) is 2.54. The highest BCUT2D eigenvalue weighted by molar-refractivity contribution is 7.89. The summed E-state index contributed by atoms with van der Waals surface area (Å²) in [5, 5.41) is 5.58. The summed E-state index contributed by atoms with van der Waals surface area (Å²) in [5.41, 5.74) is 0. The Balaban J connectivity index is 1.71. The molecule has 10 heteroatoms. The second kappa shape index (κ2) is 14.8. The molecule has 0 bridgehead atoms. The third-order valence-corrected chi connectivity index (χ3v) is 8.19. The number of benzene rings is 1. The van der Waals surface area contributed by atoms with Gasteiger partial charge in [-0.25, -0.2) is 17.5 Å². The zero-order valence-electron chi connectivity index (χ0n) is 20.7. The van der Waals surface area contributed by atoms with Gasteiger partial charge in [-0.3, -0.25) is 9.59 Å². The van der Waals surface area contributed by atoms with Crippen LogP contribution >= 0.6 is 11.6 Å². The first kappa shape index (κ1) is 29.5. The van der Waals surface area contributed by atoms with Gasteiger partial charge in [0.25, 0.3) is 0 Å². The van der Waals surface area contributed by atoms with Crippen LogP contribution < -0.4 is 15.4 Å². The lowest BCUT2D eigenvalue weighted by atomic mass is 9.86. The van der Waals surface area contributed by atoms with E-state index in [0.717, 1.165) is 24.6 Å². The van der Waals surface area contributed by atoms with Crippen LogP contribution in [0.2, 0.25) is 5.02 Å². The molecule has 0 unspecified atom stereocenters. The predicted octanol–water partition coefficient (Wildman–Crippen LogP) is 4.55. The average molecular weight is 532 g/mol. The number of carbonyl (C=O) groups is 2. The number of halogens is 2. The Hall–Kier alpha value is -1.71. The van der Waals surface area contributed by atoms with E-state index in [1.807, 2.05) is 13.8 Å². The van der Waals surface area contributed by atoms with Crippen LogP contribution in [0.5, 0.6) is 0 Å². The molecule has 35 heavy (non-hydrogen) atoms. The number of carbonyl (C=O) groups excluding carboxylic acids is 2. The van der Waals surface area contributed by atoms with E-state index in [0.29, 0.717) is 38.1 Å². The Morgan fingerprint density at radius 2 is 1.80 bits per heavy atom. The number of hydrogen-bond donors (Lipinski definition) is 3. The van der Waals surface area contributed by atoms with E-state index >= 15 is 0 Å². The number of nitrogens with one attached hydrogen (secondary N) is 3. The van der Waals surface area contributed by atoms with Gasteiger partial charge in [0.1, 0.15) is 16.8 Å². The first-order valence-electron chi connectivity index (χ1n) is 12.6. The molecule has 0 spiro atoms. The number of rotatable bonds is 14. The van der Waals surface area contributed by atoms with Crippen molar-refractivity contribution < 1.29 is 22.4 Å². The average Bonchev–Trinajstić information content (AvgIpc) is 2.79. The van der Waals surface area contributed by atoms with E-state index < -0.39 is 21.9 Å². The lowest BCUT2D eigenvalue weighted by molar-refractivity contribution is -0.129. The van der Waals surface area contributed by atoms with Gasteiger partial charge >= 0.3 is 0 Å². The predicted molar refractivity (Wildman–Crippen MR) is 136 cm³/mol. The van der Waals surface area contributed by atoms with Crippen LogP contribution in [0.15, 0.2) is 23.1 Å². The van der Waals surface area contributed by atoms with Crippen LogP contribution in [0, 0.1) is 17.7 Å². The topological polar surface area (TPSA) is 104 Å². The van der Waals surface area contributed by atoms with Crippen LogP contribution in [0.1, 0.15) is 78.1 Å². The second-order valence-electron chi connectivity index (χ2n) is 9.76. The first-order valence-corrected chi connectivity index (χ1v) is 14.5. The summed E-state index contributed by atoms with van der Waals surface area (Å²) in [6.45, 7) is 4.53. The minimum absolute atomic E-state index is 0.0785. The molecule has 3 N–H and O–H groups in total. The van der Waals surface area contributed by atoms with E-state index in [9.17, 15) is 22.4 Å². The van der Waals surface area contributed by atoms with E-state index in [1.54, 1.807) is 0 Å². The minimum Gasteiger partial charge on any atom is -0.354 e. The molecule has 2 amide bonds. The molecule has 1 aliphatic rings. The van der Waals surface area contributed by atoms with E-state index in [1.165, 1.54) is 32.1 Å². The lowest BCUT2D eigenvalue weighted by Crippen LogP contribution is -2.47. The van der Waals surface area contributed by atoms with Gasteiger partial charge in [0, 0.05) is 19.5 Å². The summed E-state index contributed by atoms with van der Waals surface area (Å²) >= 11 is 5.84. The summed E-state index contributed by atoms with van der Waals surface area (Å²) in [5.74, 6) is -0.0463. The van der Waals surface area contributed by atoms with Crippen molar-refractivity contribution >= 4 is 33.4 Å². The van der Waals surface area contributed by atoms with Crippen molar-refractivity contribution in [1.29, 1.82) is 0 Å². The van der Waals surface area contributed by atoms with Crippen molar-refractivity contribution in [2.24, 2.45) is 11.8 Å². The van der Waals surface area contributed by atoms with E-state index in [-0.39, 0.29) is 34.2 Å². The fraction of sp³-hybridized carbons (Fsp3) is 0.680. The first-order chi connectivity index (χ1) is 16.6. The van der Waals surface area contributed by atoms with Crippen molar-refractivity contribution in [1.82, 2.24) is 15.4 Å². The highest BCUT2D eigenvalue weighted by Gasteiger charge is 2.23. The van der Waals surface area contributed by atoms with Crippen LogP contribution in [0.25, 0.3) is 0 Å². The Labute approximate surface area is 214 Å². The van der Waals surface area contributed by atoms with Gasteiger partial charge in [0.2, 0.25) is 21.8 Å². The molecule has 1 aromatic rings. The third-order valence-electron chi connectivity index (χ3n) is 6.24. The van der Waals surface area contributed by atoms with Crippen LogP contribution in [-0.4, -0.2) is 39.4 Å². The van der Waals surface area contributed by atoms with Gasteiger partial charge in [-0.2, -0.15) is 0 Å². The highest BCUT2D eigenvalue weighted by atomic mass is 35.5. The molecule has 0 aromatic heterocycles. The van der Waals surface area contributed by atoms with Gasteiger partial charge < -0.3 is 10.6 Å². The normalized spacial score (nSPS) is 15.7. The molecule has 0 heterocycles. The molecule has 1 atom stereocenters. The molecule has 198 valence electrons. The summed E-state index contributed by atoms with van der Waals surface area (Å²) < 4.78 is 40.2. The molecular formula is C25H39ClFN3O4S. The quantitative estimate of drug-likeness (QED) is 0.306. The number of hydrogen-bond acceptors (Lipinski definition) is 4. The van der Waals surface area contributed by atoms with E-state index in [2.05, 4.69) is 15.4 Å². The molecule has 1 saturated carbocycles. The molecule has 0 saturated heterocycles. The van der Waals surface area contributed by atoms with Gasteiger partial charge in [0.15, 0.2) is 0 Å². The molecule has 1 aromatic carbocycles. The molecule has 1 fully saturated rings. The second-order valence-corrected chi connectivity index (χ2v) is 11.9. The van der Waals surface area contributed by atoms with Crippen LogP contribution in [-0.2, 0) is 19.6 Å². The van der Waals surface area contributed by atoms with Crippen LogP contribution in [0.4, 0.5) is 4.39 Å². The maximum Gasteiger partial charge on any atom is 0.242 e. The monoisotopic (exact) mass is 531 g/mol. The Bertz CT molecular complexity index is 937. The summed E-state index contributed by atoms with van der Waals surface area (Å²) in [6.07, 6.45) is 9.07. The molecule has 0 aliphatic heterocycles.